The summed E-state index contributed by atoms with van der Waals surface area (Å²) < 4.78 is 9.82. The van der Waals surface area contributed by atoms with E-state index in [2.05, 4.69) is 10.5 Å². The number of para-hydroxylation sites is 1. The summed E-state index contributed by atoms with van der Waals surface area (Å²) in [5.41, 5.74) is 1.12. The number of nitrogens with zero attached hydrogens (tertiary/aromatic N) is 1. The van der Waals surface area contributed by atoms with Gasteiger partial charge in [-0.2, -0.15) is 0 Å². The van der Waals surface area contributed by atoms with Crippen LogP contribution in [0.3, 0.4) is 0 Å². The van der Waals surface area contributed by atoms with Gasteiger partial charge in [-0.05, 0) is 12.1 Å². The van der Waals surface area contributed by atoms with Gasteiger partial charge in [-0.1, -0.05) is 18.2 Å². The minimum atomic E-state index is 0.892. The Labute approximate surface area is 86.1 Å². The molecule has 68 valence electrons. The van der Waals surface area contributed by atoms with Crippen LogP contribution >= 0.6 is 11.9 Å². The number of ether oxygens (including phenoxy) is 1. The number of rotatable bonds is 0. The van der Waals surface area contributed by atoms with Crippen molar-refractivity contribution in [2.24, 2.45) is 4.40 Å². The third-order valence-electron chi connectivity index (χ3n) is 2.11. The molecule has 3 rings (SSSR count). The van der Waals surface area contributed by atoms with Crippen molar-refractivity contribution in [2.45, 2.75) is 0 Å². The molecule has 0 unspecified atom stereocenters. The lowest BCUT2D eigenvalue weighted by atomic mass is 10.1. The molecule has 0 aromatic heterocycles. The zero-order valence-electron chi connectivity index (χ0n) is 7.31. The van der Waals surface area contributed by atoms with Crippen molar-refractivity contribution in [2.75, 3.05) is 0 Å². The van der Waals surface area contributed by atoms with Crippen molar-refractivity contribution in [1.29, 1.82) is 0 Å². The van der Waals surface area contributed by atoms with Crippen LogP contribution < -0.4 is 4.74 Å². The fourth-order valence-corrected chi connectivity index (χ4v) is 2.06. The molecule has 0 spiro atoms. The van der Waals surface area contributed by atoms with Crippen LogP contribution in [0, 0.1) is 0 Å². The van der Waals surface area contributed by atoms with E-state index in [1.807, 2.05) is 30.3 Å². The highest BCUT2D eigenvalue weighted by Crippen LogP contribution is 2.38. The van der Waals surface area contributed by atoms with Crippen LogP contribution in [0.15, 0.2) is 45.4 Å². The smallest absolute Gasteiger partial charge is 0.144 e. The molecule has 1 aromatic rings. The van der Waals surface area contributed by atoms with Gasteiger partial charge in [0, 0.05) is 29.8 Å². The molecule has 0 bridgehead atoms. The van der Waals surface area contributed by atoms with Crippen molar-refractivity contribution < 1.29 is 4.74 Å². The van der Waals surface area contributed by atoms with E-state index in [9.17, 15) is 0 Å². The number of hydrogen-bond acceptors (Lipinski definition) is 3. The van der Waals surface area contributed by atoms with E-state index in [-0.39, 0.29) is 0 Å². The van der Waals surface area contributed by atoms with Crippen molar-refractivity contribution in [3.8, 4) is 5.75 Å². The molecular formula is C11H7NOS. The number of fused-ring (bicyclic) bond motifs is 2. The molecule has 0 fully saturated rings. The molecule has 0 N–H and O–H groups in total. The van der Waals surface area contributed by atoms with Crippen LogP contribution in [0.25, 0.3) is 6.08 Å². The van der Waals surface area contributed by atoms with Crippen molar-refractivity contribution in [3.63, 3.8) is 0 Å². The van der Waals surface area contributed by atoms with Crippen molar-refractivity contribution in [3.05, 3.63) is 46.6 Å². The summed E-state index contributed by atoms with van der Waals surface area (Å²) in [5, 5.41) is 0. The second-order valence-corrected chi connectivity index (χ2v) is 3.86. The Bertz CT molecular complexity index is 474. The Morgan fingerprint density at radius 2 is 2.14 bits per heavy atom. The van der Waals surface area contributed by atoms with Crippen LogP contribution in [0.2, 0.25) is 0 Å². The number of benzene rings is 1. The Kier molecular flexibility index (Phi) is 1.70. The average molecular weight is 201 g/mol. The van der Waals surface area contributed by atoms with E-state index in [4.69, 9.17) is 4.74 Å². The predicted molar refractivity (Wildman–Crippen MR) is 59.2 cm³/mol. The summed E-state index contributed by atoms with van der Waals surface area (Å²) >= 11 is 1.45. The monoisotopic (exact) mass is 201 g/mol. The molecule has 1 aromatic carbocycles. The molecule has 2 nitrogen and oxygen atoms in total. The van der Waals surface area contributed by atoms with Crippen LogP contribution in [0.1, 0.15) is 5.56 Å². The van der Waals surface area contributed by atoms with Crippen LogP contribution in [-0.4, -0.2) is 6.21 Å². The summed E-state index contributed by atoms with van der Waals surface area (Å²) in [6.07, 6.45) is 5.75. The van der Waals surface area contributed by atoms with Gasteiger partial charge in [0.15, 0.2) is 0 Å². The van der Waals surface area contributed by atoms with Crippen molar-refractivity contribution in [1.82, 2.24) is 0 Å². The Balaban J connectivity index is 2.15. The van der Waals surface area contributed by atoms with Gasteiger partial charge in [0.05, 0.1) is 4.91 Å². The highest BCUT2D eigenvalue weighted by molar-refractivity contribution is 8.02. The summed E-state index contributed by atoms with van der Waals surface area (Å²) in [6, 6.07) is 7.99. The first-order valence-corrected chi connectivity index (χ1v) is 5.10. The molecule has 14 heavy (non-hydrogen) atoms. The molecule has 0 saturated carbocycles. The molecule has 3 heteroatoms. The van der Waals surface area contributed by atoms with Gasteiger partial charge in [-0.15, -0.1) is 0 Å². The Morgan fingerprint density at radius 1 is 1.21 bits per heavy atom. The molecular weight excluding hydrogens is 194 g/mol. The van der Waals surface area contributed by atoms with Gasteiger partial charge >= 0.3 is 0 Å². The zero-order valence-corrected chi connectivity index (χ0v) is 8.12. The second kappa shape index (κ2) is 3.03. The zero-order chi connectivity index (χ0) is 9.38. The maximum atomic E-state index is 5.72. The van der Waals surface area contributed by atoms with Crippen LogP contribution in [0.5, 0.6) is 5.75 Å². The summed E-state index contributed by atoms with van der Waals surface area (Å²) in [4.78, 5) is 1.08. The lowest BCUT2D eigenvalue weighted by Crippen LogP contribution is -2.05. The average Bonchev–Trinajstić information content (AvgIpc) is 2.26. The first kappa shape index (κ1) is 7.88. The molecule has 0 saturated heterocycles. The van der Waals surface area contributed by atoms with E-state index < -0.39 is 0 Å². The van der Waals surface area contributed by atoms with Gasteiger partial charge in [-0.3, -0.25) is 0 Å². The Morgan fingerprint density at radius 3 is 3.14 bits per heavy atom. The molecule has 0 radical (unpaired) electrons. The molecule has 2 aliphatic heterocycles. The maximum absolute atomic E-state index is 5.72. The largest absolute Gasteiger partial charge is 0.455 e. The predicted octanol–water partition coefficient (Wildman–Crippen LogP) is 3.04. The maximum Gasteiger partial charge on any atom is 0.144 e. The fourth-order valence-electron chi connectivity index (χ4n) is 1.45. The van der Waals surface area contributed by atoms with E-state index >= 15 is 0 Å². The third kappa shape index (κ3) is 1.17. The number of hydrogen-bond donors (Lipinski definition) is 0. The van der Waals surface area contributed by atoms with E-state index in [0.717, 1.165) is 22.0 Å². The van der Waals surface area contributed by atoms with Gasteiger partial charge in [0.2, 0.25) is 0 Å². The summed E-state index contributed by atoms with van der Waals surface area (Å²) in [7, 11) is 0. The van der Waals surface area contributed by atoms with Crippen molar-refractivity contribution >= 4 is 24.2 Å². The fraction of sp³-hybridized carbons (Fsp3) is 0. The van der Waals surface area contributed by atoms with E-state index in [1.54, 1.807) is 6.21 Å². The minimum Gasteiger partial charge on any atom is -0.455 e. The quantitative estimate of drug-likeness (QED) is 0.602. The summed E-state index contributed by atoms with van der Waals surface area (Å²) in [6.45, 7) is 0. The molecule has 0 atom stereocenters. The molecule has 2 aliphatic rings. The first-order valence-electron chi connectivity index (χ1n) is 4.33. The highest BCUT2D eigenvalue weighted by atomic mass is 32.2. The minimum absolute atomic E-state index is 0.892. The van der Waals surface area contributed by atoms with Gasteiger partial charge < -0.3 is 4.74 Å². The van der Waals surface area contributed by atoms with E-state index in [0.29, 0.717) is 0 Å². The lowest BCUT2D eigenvalue weighted by molar-refractivity contribution is 0.438. The number of allylic oxidation sites excluding steroid dienone is 1. The highest BCUT2D eigenvalue weighted by Gasteiger charge is 2.18. The van der Waals surface area contributed by atoms with Crippen LogP contribution in [0.4, 0.5) is 0 Å². The second-order valence-electron chi connectivity index (χ2n) is 3.03. The van der Waals surface area contributed by atoms with E-state index in [1.165, 1.54) is 11.9 Å². The topological polar surface area (TPSA) is 21.6 Å². The molecule has 0 amide bonds. The van der Waals surface area contributed by atoms with Gasteiger partial charge in [0.25, 0.3) is 0 Å². The molecule has 0 aliphatic carbocycles. The normalized spacial score (nSPS) is 17.4. The third-order valence-corrected chi connectivity index (χ3v) is 2.85. The SMILES string of the molecule is C1=NSC2=Cc3ccccc3OC2=C1. The Hall–Kier alpha value is -1.48. The standard InChI is InChI=1S/C11H7NOS/c1-2-4-9-8(3-1)7-11-10(13-9)5-6-12-14-11/h1-7H. The van der Waals surface area contributed by atoms with Gasteiger partial charge in [0.1, 0.15) is 11.5 Å². The first-order chi connectivity index (χ1) is 6.93. The molecule has 2 heterocycles. The lowest BCUT2D eigenvalue weighted by Gasteiger charge is -2.19. The van der Waals surface area contributed by atoms with Gasteiger partial charge in [-0.25, -0.2) is 4.40 Å². The summed E-state index contributed by atoms with van der Waals surface area (Å²) in [5.74, 6) is 1.81. The van der Waals surface area contributed by atoms with Crippen LogP contribution in [-0.2, 0) is 0 Å².